The number of benzene rings is 3. The van der Waals surface area contributed by atoms with E-state index in [0.717, 1.165) is 44.2 Å². The third-order valence-corrected chi connectivity index (χ3v) is 8.18. The zero-order valence-corrected chi connectivity index (χ0v) is 23.1. The predicted molar refractivity (Wildman–Crippen MR) is 149 cm³/mol. The Morgan fingerprint density at radius 2 is 1.51 bits per heavy atom. The summed E-state index contributed by atoms with van der Waals surface area (Å²) >= 11 is 1.67. The first-order valence-electron chi connectivity index (χ1n) is 12.4. The Hall–Kier alpha value is -2.99. The van der Waals surface area contributed by atoms with Gasteiger partial charge >= 0.3 is 6.18 Å². The van der Waals surface area contributed by atoms with Gasteiger partial charge in [-0.1, -0.05) is 59.7 Å². The zero-order valence-electron chi connectivity index (χ0n) is 22.3. The molecule has 0 aliphatic heterocycles. The maximum absolute atomic E-state index is 13.6. The third-order valence-electron chi connectivity index (χ3n) is 6.86. The number of fused-ring (bicyclic) bond motifs is 4. The molecule has 0 bridgehead atoms. The molecule has 2 heterocycles. The van der Waals surface area contributed by atoms with Crippen LogP contribution in [0.3, 0.4) is 0 Å². The number of aromatic nitrogens is 2. The molecule has 192 valence electrons. The monoisotopic (exact) mass is 520 g/mol. The van der Waals surface area contributed by atoms with Gasteiger partial charge < -0.3 is 0 Å². The largest absolute Gasteiger partial charge is 0.416 e. The first kappa shape index (κ1) is 25.7. The number of hydrogen-bond donors (Lipinski definition) is 0. The molecule has 0 aliphatic carbocycles. The number of halogens is 3. The second-order valence-electron chi connectivity index (χ2n) is 12.2. The predicted octanol–water partition coefficient (Wildman–Crippen LogP) is 9.88. The maximum Gasteiger partial charge on any atom is 0.416 e. The normalized spacial score (nSPS) is 13.2. The van der Waals surface area contributed by atoms with Crippen LogP contribution in [-0.4, -0.2) is 9.97 Å². The van der Waals surface area contributed by atoms with Crippen molar-refractivity contribution in [1.29, 1.82) is 0 Å². The first-order chi connectivity index (χ1) is 17.1. The summed E-state index contributed by atoms with van der Waals surface area (Å²) in [7, 11) is 0. The summed E-state index contributed by atoms with van der Waals surface area (Å²) in [6.45, 7) is 15.1. The van der Waals surface area contributed by atoms with Crippen molar-refractivity contribution in [1.82, 2.24) is 9.97 Å². The van der Waals surface area contributed by atoms with Crippen molar-refractivity contribution in [2.45, 2.75) is 66.5 Å². The van der Waals surface area contributed by atoms with Crippen LogP contribution in [0.15, 0.2) is 48.8 Å². The number of hydrogen-bond acceptors (Lipinski definition) is 3. The van der Waals surface area contributed by atoms with Crippen LogP contribution in [-0.2, 0) is 18.0 Å². The molecule has 37 heavy (non-hydrogen) atoms. The van der Waals surface area contributed by atoms with E-state index in [4.69, 9.17) is 0 Å². The van der Waals surface area contributed by atoms with Gasteiger partial charge in [-0.15, -0.1) is 11.3 Å². The highest BCUT2D eigenvalue weighted by molar-refractivity contribution is 7.26. The minimum Gasteiger partial charge on any atom is -0.235 e. The van der Waals surface area contributed by atoms with Gasteiger partial charge in [-0.2, -0.15) is 13.2 Å². The minimum absolute atomic E-state index is 0.170. The van der Waals surface area contributed by atoms with Gasteiger partial charge in [0.2, 0.25) is 0 Å². The van der Waals surface area contributed by atoms with Gasteiger partial charge in [0.05, 0.1) is 21.5 Å². The Balaban J connectivity index is 1.78. The molecule has 5 rings (SSSR count). The van der Waals surface area contributed by atoms with Gasteiger partial charge in [-0.25, -0.2) is 9.97 Å². The van der Waals surface area contributed by atoms with Crippen LogP contribution < -0.4 is 0 Å². The Kier molecular flexibility index (Phi) is 5.91. The van der Waals surface area contributed by atoms with E-state index >= 15 is 0 Å². The van der Waals surface area contributed by atoms with Gasteiger partial charge in [-0.05, 0) is 75.9 Å². The van der Waals surface area contributed by atoms with E-state index in [1.807, 2.05) is 6.07 Å². The SMILES string of the molecule is Cc1c(CC(C)(C)C)ccc2c1sc1c(-c3cc(C(C)(C)C)c4ccc(C(F)(F)F)cc4c3)ncnc12. The van der Waals surface area contributed by atoms with Crippen molar-refractivity contribution in [3.8, 4) is 11.3 Å². The molecular formula is C31H31F3N2S. The molecule has 3 aromatic carbocycles. The molecule has 0 N–H and O–H groups in total. The molecule has 0 unspecified atom stereocenters. The number of alkyl halides is 3. The topological polar surface area (TPSA) is 25.8 Å². The maximum atomic E-state index is 13.6. The summed E-state index contributed by atoms with van der Waals surface area (Å²) in [6.07, 6.45) is -1.86. The molecule has 0 atom stereocenters. The highest BCUT2D eigenvalue weighted by Gasteiger charge is 2.31. The molecule has 2 aromatic heterocycles. The second-order valence-corrected chi connectivity index (χ2v) is 13.2. The lowest BCUT2D eigenvalue weighted by Gasteiger charge is -2.23. The molecule has 5 aromatic rings. The van der Waals surface area contributed by atoms with Crippen LogP contribution in [0.5, 0.6) is 0 Å². The van der Waals surface area contributed by atoms with Crippen molar-refractivity contribution in [2.75, 3.05) is 0 Å². The molecule has 2 nitrogen and oxygen atoms in total. The number of thiophene rings is 1. The van der Waals surface area contributed by atoms with Crippen molar-refractivity contribution in [2.24, 2.45) is 5.41 Å². The van der Waals surface area contributed by atoms with E-state index in [1.54, 1.807) is 23.7 Å². The van der Waals surface area contributed by atoms with E-state index in [1.165, 1.54) is 28.0 Å². The zero-order chi connectivity index (χ0) is 26.9. The highest BCUT2D eigenvalue weighted by atomic mass is 32.1. The molecule has 0 spiro atoms. The van der Waals surface area contributed by atoms with Gasteiger partial charge in [-0.3, -0.25) is 0 Å². The van der Waals surface area contributed by atoms with Crippen molar-refractivity contribution >= 4 is 42.4 Å². The fourth-order valence-electron chi connectivity index (χ4n) is 5.09. The van der Waals surface area contributed by atoms with E-state index in [0.29, 0.717) is 5.39 Å². The standard InChI is InChI=1S/C31H31F3N2S/c1-17-18(15-29(2,3)4)8-10-23-26-28(37-27(17)23)25(35-16-36-26)20-12-19-13-21(31(32,33)34)9-11-22(19)24(14-20)30(5,6)7/h8-14,16H,15H2,1-7H3. The average molecular weight is 521 g/mol. The molecule has 0 amide bonds. The Morgan fingerprint density at radius 1 is 0.811 bits per heavy atom. The molecule has 0 fully saturated rings. The lowest BCUT2D eigenvalue weighted by molar-refractivity contribution is -0.137. The summed E-state index contributed by atoms with van der Waals surface area (Å²) in [5.74, 6) is 0. The average Bonchev–Trinajstić information content (AvgIpc) is 3.17. The quantitative estimate of drug-likeness (QED) is 0.231. The second kappa shape index (κ2) is 8.52. The Bertz CT molecular complexity index is 1660. The fourth-order valence-corrected chi connectivity index (χ4v) is 6.38. The number of aryl methyl sites for hydroxylation is 1. The van der Waals surface area contributed by atoms with Gasteiger partial charge in [0, 0.05) is 15.6 Å². The van der Waals surface area contributed by atoms with E-state index in [9.17, 15) is 13.2 Å². The van der Waals surface area contributed by atoms with Crippen molar-refractivity contribution in [3.05, 3.63) is 71.0 Å². The minimum atomic E-state index is -4.40. The van der Waals surface area contributed by atoms with Crippen LogP contribution >= 0.6 is 11.3 Å². The fraction of sp³-hybridized carbons (Fsp3) is 0.355. The first-order valence-corrected chi connectivity index (χ1v) is 13.3. The molecular weight excluding hydrogens is 489 g/mol. The van der Waals surface area contributed by atoms with Crippen LogP contribution in [0.2, 0.25) is 0 Å². The van der Waals surface area contributed by atoms with Crippen molar-refractivity contribution in [3.63, 3.8) is 0 Å². The third kappa shape index (κ3) is 4.72. The number of nitrogens with zero attached hydrogens (tertiary/aromatic N) is 2. The Labute approximate surface area is 219 Å². The van der Waals surface area contributed by atoms with E-state index < -0.39 is 11.7 Å². The van der Waals surface area contributed by atoms with Crippen molar-refractivity contribution < 1.29 is 13.2 Å². The Morgan fingerprint density at radius 3 is 2.16 bits per heavy atom. The molecule has 6 heteroatoms. The summed E-state index contributed by atoms with van der Waals surface area (Å²) in [4.78, 5) is 9.29. The van der Waals surface area contributed by atoms with Crippen LogP contribution in [0.25, 0.3) is 42.3 Å². The van der Waals surface area contributed by atoms with E-state index in [-0.39, 0.29) is 10.8 Å². The van der Waals surface area contributed by atoms with Gasteiger partial charge in [0.1, 0.15) is 6.33 Å². The summed E-state index contributed by atoms with van der Waals surface area (Å²) < 4.78 is 42.8. The lowest BCUT2D eigenvalue weighted by atomic mass is 9.82. The summed E-state index contributed by atoms with van der Waals surface area (Å²) in [5.41, 5.74) is 5.28. The van der Waals surface area contributed by atoms with Crippen LogP contribution in [0.1, 0.15) is 63.8 Å². The molecule has 0 saturated carbocycles. The van der Waals surface area contributed by atoms with Crippen LogP contribution in [0.4, 0.5) is 13.2 Å². The lowest BCUT2D eigenvalue weighted by Crippen LogP contribution is -2.12. The smallest absolute Gasteiger partial charge is 0.235 e. The summed E-state index contributed by atoms with van der Waals surface area (Å²) in [6, 6.07) is 12.3. The molecule has 0 saturated heterocycles. The van der Waals surface area contributed by atoms with E-state index in [2.05, 4.69) is 76.6 Å². The van der Waals surface area contributed by atoms with Crippen LogP contribution in [0, 0.1) is 12.3 Å². The van der Waals surface area contributed by atoms with Gasteiger partial charge in [0.25, 0.3) is 0 Å². The number of rotatable bonds is 2. The molecule has 0 radical (unpaired) electrons. The summed E-state index contributed by atoms with van der Waals surface area (Å²) in [5, 5.41) is 2.48. The highest BCUT2D eigenvalue weighted by Crippen LogP contribution is 2.43. The molecule has 0 aliphatic rings. The van der Waals surface area contributed by atoms with Gasteiger partial charge in [0.15, 0.2) is 0 Å².